The van der Waals surface area contributed by atoms with Gasteiger partial charge in [0.2, 0.25) is 12.4 Å². The highest BCUT2D eigenvalue weighted by atomic mass is 35.5. The summed E-state index contributed by atoms with van der Waals surface area (Å²) in [6.07, 6.45) is 4.88. The van der Waals surface area contributed by atoms with E-state index in [0.717, 1.165) is 47.6 Å². The first-order chi connectivity index (χ1) is 23.6. The number of thiophene rings is 1. The Morgan fingerprint density at radius 3 is 2.43 bits per heavy atom. The highest BCUT2D eigenvalue weighted by molar-refractivity contribution is 7.14. The number of ether oxygens (including phenoxy) is 3. The number of esters is 1. The Bertz CT molecular complexity index is 1750. The fraction of sp³-hybridized carbons (Fsp3) is 0.361. The quantitative estimate of drug-likeness (QED) is 0.104. The number of hydrogen-bond donors (Lipinski definition) is 2. The molecule has 13 heteroatoms. The molecule has 10 nitrogen and oxygen atoms in total. The molecule has 3 heterocycles. The van der Waals surface area contributed by atoms with Crippen LogP contribution in [0.3, 0.4) is 0 Å². The lowest BCUT2D eigenvalue weighted by atomic mass is 9.85. The molecule has 2 N–H and O–H groups in total. The highest BCUT2D eigenvalue weighted by Crippen LogP contribution is 2.41. The number of carbonyl (C=O) groups excluding carboxylic acids is 2. The lowest BCUT2D eigenvalue weighted by molar-refractivity contribution is -0.904. The van der Waals surface area contributed by atoms with Crippen molar-refractivity contribution in [2.45, 2.75) is 37.8 Å². The molecule has 1 fully saturated rings. The summed E-state index contributed by atoms with van der Waals surface area (Å²) in [6, 6.07) is 15.7. The van der Waals surface area contributed by atoms with E-state index in [0.29, 0.717) is 39.7 Å². The lowest BCUT2D eigenvalue weighted by Crippen LogP contribution is -2.36. The minimum atomic E-state index is -1.34. The van der Waals surface area contributed by atoms with Gasteiger partial charge in [-0.2, -0.15) is 0 Å². The van der Waals surface area contributed by atoms with Crippen LogP contribution < -0.4 is 24.6 Å². The minimum Gasteiger partial charge on any atom is -0.544 e. The predicted molar refractivity (Wildman–Crippen MR) is 185 cm³/mol. The molecule has 5 rings (SSSR count). The van der Waals surface area contributed by atoms with Gasteiger partial charge in [0.15, 0.2) is 11.5 Å². The van der Waals surface area contributed by atoms with Crippen LogP contribution in [0, 0.1) is 5.92 Å². The third-order valence-corrected chi connectivity index (χ3v) is 10.5. The van der Waals surface area contributed by atoms with Gasteiger partial charge in [-0.3, -0.25) is 10.5 Å². The van der Waals surface area contributed by atoms with Gasteiger partial charge in [0, 0.05) is 40.1 Å². The number of likely N-dealkylation sites (tertiary alicyclic amines) is 1. The Labute approximate surface area is 299 Å². The van der Waals surface area contributed by atoms with Crippen LogP contribution in [0.2, 0.25) is 10.0 Å². The molecule has 0 aliphatic carbocycles. The van der Waals surface area contributed by atoms with Crippen LogP contribution in [0.25, 0.3) is 0 Å². The van der Waals surface area contributed by atoms with Crippen molar-refractivity contribution in [2.24, 2.45) is 5.92 Å². The molecule has 0 bridgehead atoms. The monoisotopic (exact) mass is 727 g/mol. The first-order valence-corrected chi connectivity index (χ1v) is 17.4. The molecule has 4 aromatic rings. The number of pyridine rings is 1. The van der Waals surface area contributed by atoms with E-state index in [-0.39, 0.29) is 33.8 Å². The molecule has 0 spiro atoms. The third-order valence-electron chi connectivity index (χ3n) is 8.69. The predicted octanol–water partition coefficient (Wildman–Crippen LogP) is 5.05. The number of carboxylic acids is 1. The molecule has 0 radical (unpaired) electrons. The summed E-state index contributed by atoms with van der Waals surface area (Å²) in [5.41, 5.74) is 2.44. The van der Waals surface area contributed by atoms with E-state index >= 15 is 0 Å². The first kappa shape index (κ1) is 36.4. The van der Waals surface area contributed by atoms with Gasteiger partial charge in [0.05, 0.1) is 31.7 Å². The number of carboxylic acid groups (broad SMARTS) is 1. The van der Waals surface area contributed by atoms with Crippen molar-refractivity contribution in [3.05, 3.63) is 109 Å². The van der Waals surface area contributed by atoms with Crippen LogP contribution in [0.15, 0.2) is 67.0 Å². The van der Waals surface area contributed by atoms with E-state index < -0.39 is 23.9 Å². The van der Waals surface area contributed by atoms with Gasteiger partial charge in [-0.15, -0.1) is 11.3 Å². The fourth-order valence-corrected chi connectivity index (χ4v) is 7.87. The molecule has 2 aromatic heterocycles. The Hall–Kier alpha value is -3.87. The van der Waals surface area contributed by atoms with E-state index in [2.05, 4.69) is 17.3 Å². The molecular formula is C36H39Cl2N3O7S. The van der Waals surface area contributed by atoms with E-state index in [9.17, 15) is 19.9 Å². The van der Waals surface area contributed by atoms with Crippen LogP contribution >= 0.6 is 34.5 Å². The highest BCUT2D eigenvalue weighted by Gasteiger charge is 2.28. The number of nitrogens with one attached hydrogen (secondary N) is 1. The van der Waals surface area contributed by atoms with Gasteiger partial charge in [-0.25, -0.2) is 4.79 Å². The number of benzene rings is 2. The van der Waals surface area contributed by atoms with Gasteiger partial charge < -0.3 is 29.0 Å². The van der Waals surface area contributed by atoms with Gasteiger partial charge in [0.1, 0.15) is 16.1 Å². The zero-order valence-electron chi connectivity index (χ0n) is 27.5. The Balaban J connectivity index is 1.47. The van der Waals surface area contributed by atoms with Crippen molar-refractivity contribution in [2.75, 3.05) is 41.0 Å². The zero-order valence-corrected chi connectivity index (χ0v) is 29.8. The fourth-order valence-electron chi connectivity index (χ4n) is 6.26. The molecule has 49 heavy (non-hydrogen) atoms. The van der Waals surface area contributed by atoms with Gasteiger partial charge in [-0.05, 0) is 67.7 Å². The smallest absolute Gasteiger partial charge is 0.327 e. The largest absolute Gasteiger partial charge is 0.544 e. The SMILES string of the molecule is COc1ccc([C@H](Cc2c(Cl)c[n+](O)cc2Cl)c2cc(CNC(C(=O)OC[C@H]3CCCN(C)C3)c3ccccc3)sc2C(=O)[O-])cc1OC. The maximum Gasteiger partial charge on any atom is 0.327 e. The molecule has 260 valence electrons. The molecule has 3 atom stereocenters. The summed E-state index contributed by atoms with van der Waals surface area (Å²) in [5, 5.41) is 26.3. The van der Waals surface area contributed by atoms with Gasteiger partial charge >= 0.3 is 5.97 Å². The van der Waals surface area contributed by atoms with Crippen LogP contribution in [-0.2, 0) is 22.5 Å². The number of nitrogens with zero attached hydrogens (tertiary/aromatic N) is 2. The van der Waals surface area contributed by atoms with E-state index in [1.807, 2.05) is 36.4 Å². The lowest BCUT2D eigenvalue weighted by Gasteiger charge is -2.29. The second-order valence-electron chi connectivity index (χ2n) is 12.1. The summed E-state index contributed by atoms with van der Waals surface area (Å²) < 4.78 is 17.6. The van der Waals surface area contributed by atoms with Crippen molar-refractivity contribution in [1.29, 1.82) is 0 Å². The molecule has 1 aliphatic heterocycles. The summed E-state index contributed by atoms with van der Waals surface area (Å²) in [7, 11) is 5.12. The number of halogens is 2. The van der Waals surface area contributed by atoms with Crippen LogP contribution in [0.5, 0.6) is 11.5 Å². The maximum atomic E-state index is 13.5. The first-order valence-electron chi connectivity index (χ1n) is 15.9. The standard InChI is InChI=1S/C36H39Cl2N3O7S/c1-40-13-7-8-22(18-40)21-48-36(44)33(23-9-5-4-6-10-23)39-17-25-15-27(34(49-25)35(42)43)26(16-28-29(37)19-41(45)20-30(28)38)24-11-12-31(46-2)32(14-24)47-3/h4-6,9-12,14-15,19-20,22,26,33,39H,7-8,13,16-18,21H2,1-3H3,(H-,42,43,45)/t22-,26-,33?/m0/s1. The van der Waals surface area contributed by atoms with Crippen LogP contribution in [0.1, 0.15) is 61.6 Å². The third kappa shape index (κ3) is 9.03. The number of methoxy groups -OCH3 is 2. The number of rotatable bonds is 14. The molecule has 1 aliphatic rings. The van der Waals surface area contributed by atoms with Crippen molar-refractivity contribution in [3.8, 4) is 11.5 Å². The average Bonchev–Trinajstić information content (AvgIpc) is 3.51. The van der Waals surface area contributed by atoms with Gasteiger partial charge in [-0.1, -0.05) is 59.6 Å². The molecule has 1 unspecified atom stereocenters. The topological polar surface area (TPSA) is 124 Å². The van der Waals surface area contributed by atoms with Gasteiger partial charge in [0.25, 0.3) is 0 Å². The number of hydrogen-bond acceptors (Lipinski definition) is 10. The second kappa shape index (κ2) is 16.7. The molecular weight excluding hydrogens is 689 g/mol. The molecule has 0 amide bonds. The Morgan fingerprint density at radius 1 is 1.06 bits per heavy atom. The summed E-state index contributed by atoms with van der Waals surface area (Å²) in [5.74, 6) is -1.08. The summed E-state index contributed by atoms with van der Waals surface area (Å²) in [4.78, 5) is 29.1. The van der Waals surface area contributed by atoms with Crippen molar-refractivity contribution < 1.29 is 38.8 Å². The van der Waals surface area contributed by atoms with Crippen molar-refractivity contribution >= 4 is 46.5 Å². The summed E-state index contributed by atoms with van der Waals surface area (Å²) >= 11 is 14.1. The minimum absolute atomic E-state index is 0.0252. The molecule has 0 saturated carbocycles. The van der Waals surface area contributed by atoms with E-state index in [1.54, 1.807) is 18.2 Å². The average molecular weight is 729 g/mol. The number of piperidine rings is 1. The Morgan fingerprint density at radius 2 is 1.78 bits per heavy atom. The van der Waals surface area contributed by atoms with E-state index in [1.165, 1.54) is 26.6 Å². The number of carbonyl (C=O) groups is 2. The maximum absolute atomic E-state index is 13.5. The van der Waals surface area contributed by atoms with Crippen molar-refractivity contribution in [1.82, 2.24) is 10.2 Å². The van der Waals surface area contributed by atoms with Crippen LogP contribution in [-0.4, -0.2) is 63.0 Å². The second-order valence-corrected chi connectivity index (χ2v) is 14.0. The van der Waals surface area contributed by atoms with Crippen LogP contribution in [0.4, 0.5) is 0 Å². The summed E-state index contributed by atoms with van der Waals surface area (Å²) in [6.45, 7) is 2.43. The molecule has 2 aromatic carbocycles. The molecule has 1 saturated heterocycles. The Kier molecular flexibility index (Phi) is 12.4. The van der Waals surface area contributed by atoms with E-state index in [4.69, 9.17) is 37.4 Å². The normalized spacial score (nSPS) is 16.1. The number of aromatic carboxylic acids is 1. The van der Waals surface area contributed by atoms with Crippen molar-refractivity contribution in [3.63, 3.8) is 0 Å². The number of aromatic nitrogens is 1. The zero-order chi connectivity index (χ0) is 35.1.